The van der Waals surface area contributed by atoms with E-state index in [1.54, 1.807) is 0 Å². The van der Waals surface area contributed by atoms with Crippen LogP contribution in [0, 0.1) is 11.8 Å². The third-order valence-corrected chi connectivity index (χ3v) is 4.13. The van der Waals surface area contributed by atoms with Crippen LogP contribution in [-0.4, -0.2) is 37.6 Å². The largest absolute Gasteiger partial charge is 0.316 e. The van der Waals surface area contributed by atoms with Gasteiger partial charge in [0.25, 0.3) is 0 Å². The molecule has 1 aliphatic rings. The molecule has 1 aliphatic heterocycles. The highest BCUT2D eigenvalue weighted by molar-refractivity contribution is 4.73. The fraction of sp³-hybridized carbons (Fsp3) is 1.00. The molecule has 1 fully saturated rings. The quantitative estimate of drug-likeness (QED) is 0.684. The van der Waals surface area contributed by atoms with Gasteiger partial charge in [-0.1, -0.05) is 33.6 Å². The Bertz CT molecular complexity index is 160. The smallest absolute Gasteiger partial charge is 0.000934 e. The van der Waals surface area contributed by atoms with Crippen LogP contribution in [0.5, 0.6) is 0 Å². The van der Waals surface area contributed by atoms with Crippen LogP contribution in [0.2, 0.25) is 0 Å². The van der Waals surface area contributed by atoms with E-state index >= 15 is 0 Å². The molecule has 1 saturated heterocycles. The summed E-state index contributed by atoms with van der Waals surface area (Å²) in [5.41, 5.74) is 0. The van der Waals surface area contributed by atoms with Crippen molar-refractivity contribution < 1.29 is 0 Å². The summed E-state index contributed by atoms with van der Waals surface area (Å²) in [4.78, 5) is 2.65. The molecule has 1 unspecified atom stereocenters. The third kappa shape index (κ3) is 4.84. The molecular formula is C14H30N2. The van der Waals surface area contributed by atoms with Gasteiger partial charge in [0.2, 0.25) is 0 Å². The summed E-state index contributed by atoms with van der Waals surface area (Å²) in [6.45, 7) is 13.3. The van der Waals surface area contributed by atoms with Gasteiger partial charge in [-0.05, 0) is 50.9 Å². The topological polar surface area (TPSA) is 15.3 Å². The van der Waals surface area contributed by atoms with Crippen molar-refractivity contribution in [3.63, 3.8) is 0 Å². The highest BCUT2D eigenvalue weighted by Gasteiger charge is 2.16. The van der Waals surface area contributed by atoms with Gasteiger partial charge >= 0.3 is 0 Å². The number of nitrogens with zero attached hydrogens (tertiary/aromatic N) is 1. The second-order valence-electron chi connectivity index (χ2n) is 5.22. The minimum atomic E-state index is 0.904. The number of rotatable bonds is 8. The van der Waals surface area contributed by atoms with Crippen molar-refractivity contribution in [1.29, 1.82) is 0 Å². The zero-order valence-electron chi connectivity index (χ0n) is 11.5. The van der Waals surface area contributed by atoms with Crippen LogP contribution in [0.1, 0.15) is 46.5 Å². The molecule has 2 heteroatoms. The predicted molar refractivity (Wildman–Crippen MR) is 71.8 cm³/mol. The van der Waals surface area contributed by atoms with Gasteiger partial charge in [-0.25, -0.2) is 0 Å². The monoisotopic (exact) mass is 226 g/mol. The summed E-state index contributed by atoms with van der Waals surface area (Å²) in [5, 5.41) is 3.46. The lowest BCUT2D eigenvalue weighted by Gasteiger charge is -2.26. The van der Waals surface area contributed by atoms with E-state index in [4.69, 9.17) is 0 Å². The lowest BCUT2D eigenvalue weighted by atomic mass is 10.0. The summed E-state index contributed by atoms with van der Waals surface area (Å²) in [7, 11) is 0. The summed E-state index contributed by atoms with van der Waals surface area (Å²) >= 11 is 0. The van der Waals surface area contributed by atoms with Crippen molar-refractivity contribution >= 4 is 0 Å². The van der Waals surface area contributed by atoms with E-state index in [9.17, 15) is 0 Å². The SMILES string of the molecule is CCC(CC)CN(CC)CCC1CCNC1. The summed E-state index contributed by atoms with van der Waals surface area (Å²) in [5.74, 6) is 1.84. The molecule has 0 saturated carbocycles. The van der Waals surface area contributed by atoms with Gasteiger partial charge in [0.1, 0.15) is 0 Å². The summed E-state index contributed by atoms with van der Waals surface area (Å²) < 4.78 is 0. The van der Waals surface area contributed by atoms with Gasteiger partial charge in [-0.15, -0.1) is 0 Å². The lowest BCUT2D eigenvalue weighted by Crippen LogP contribution is -2.31. The molecule has 0 radical (unpaired) electrons. The maximum Gasteiger partial charge on any atom is 0.000934 e. The van der Waals surface area contributed by atoms with Gasteiger partial charge in [-0.3, -0.25) is 0 Å². The van der Waals surface area contributed by atoms with Crippen molar-refractivity contribution in [2.24, 2.45) is 11.8 Å². The van der Waals surface area contributed by atoms with Gasteiger partial charge in [-0.2, -0.15) is 0 Å². The van der Waals surface area contributed by atoms with Crippen LogP contribution < -0.4 is 5.32 Å². The molecule has 0 amide bonds. The highest BCUT2D eigenvalue weighted by Crippen LogP contribution is 2.15. The Kier molecular flexibility index (Phi) is 7.06. The fourth-order valence-corrected chi connectivity index (χ4v) is 2.62. The normalized spacial score (nSPS) is 21.2. The molecule has 0 bridgehead atoms. The molecule has 96 valence electrons. The molecule has 16 heavy (non-hydrogen) atoms. The first-order valence-electron chi connectivity index (χ1n) is 7.23. The van der Waals surface area contributed by atoms with Crippen molar-refractivity contribution in [2.75, 3.05) is 32.7 Å². The van der Waals surface area contributed by atoms with Crippen molar-refractivity contribution in [3.05, 3.63) is 0 Å². The Balaban J connectivity index is 2.19. The number of hydrogen-bond donors (Lipinski definition) is 1. The van der Waals surface area contributed by atoms with E-state index in [1.165, 1.54) is 58.4 Å². The minimum Gasteiger partial charge on any atom is -0.316 e. The second-order valence-corrected chi connectivity index (χ2v) is 5.22. The Morgan fingerprint density at radius 3 is 2.50 bits per heavy atom. The second kappa shape index (κ2) is 8.08. The average molecular weight is 226 g/mol. The van der Waals surface area contributed by atoms with Crippen LogP contribution in [0.15, 0.2) is 0 Å². The molecule has 0 aromatic rings. The lowest BCUT2D eigenvalue weighted by molar-refractivity contribution is 0.220. The maximum atomic E-state index is 3.46. The Labute approximate surface area is 102 Å². The Morgan fingerprint density at radius 2 is 2.00 bits per heavy atom. The molecular weight excluding hydrogens is 196 g/mol. The van der Waals surface area contributed by atoms with Gasteiger partial charge < -0.3 is 10.2 Å². The first-order chi connectivity index (χ1) is 7.80. The molecule has 0 spiro atoms. The number of hydrogen-bond acceptors (Lipinski definition) is 2. The van der Waals surface area contributed by atoms with E-state index < -0.39 is 0 Å². The average Bonchev–Trinajstić information content (AvgIpc) is 2.83. The van der Waals surface area contributed by atoms with E-state index in [1.807, 2.05) is 0 Å². The van der Waals surface area contributed by atoms with Gasteiger partial charge in [0, 0.05) is 6.54 Å². The molecule has 1 heterocycles. The number of nitrogens with one attached hydrogen (secondary N) is 1. The molecule has 0 aliphatic carbocycles. The Morgan fingerprint density at radius 1 is 1.25 bits per heavy atom. The standard InChI is InChI=1S/C14H30N2/c1-4-13(5-2)12-16(6-3)10-8-14-7-9-15-11-14/h13-15H,4-12H2,1-3H3. The van der Waals surface area contributed by atoms with Crippen molar-refractivity contribution in [1.82, 2.24) is 10.2 Å². The highest BCUT2D eigenvalue weighted by atomic mass is 15.1. The van der Waals surface area contributed by atoms with Crippen molar-refractivity contribution in [2.45, 2.75) is 46.5 Å². The van der Waals surface area contributed by atoms with Gasteiger partial charge in [0.15, 0.2) is 0 Å². The molecule has 1 rings (SSSR count). The third-order valence-electron chi connectivity index (χ3n) is 4.13. The first kappa shape index (κ1) is 14.0. The van der Waals surface area contributed by atoms with Crippen molar-refractivity contribution in [3.8, 4) is 0 Å². The Hall–Kier alpha value is -0.0800. The predicted octanol–water partition coefficient (Wildman–Crippen LogP) is 2.74. The van der Waals surface area contributed by atoms with Crippen LogP contribution >= 0.6 is 0 Å². The van der Waals surface area contributed by atoms with Crippen LogP contribution in [-0.2, 0) is 0 Å². The molecule has 1 N–H and O–H groups in total. The zero-order valence-corrected chi connectivity index (χ0v) is 11.5. The van der Waals surface area contributed by atoms with E-state index in [0.29, 0.717) is 0 Å². The molecule has 1 atom stereocenters. The first-order valence-corrected chi connectivity index (χ1v) is 7.23. The summed E-state index contributed by atoms with van der Waals surface area (Å²) in [6, 6.07) is 0. The fourth-order valence-electron chi connectivity index (χ4n) is 2.62. The van der Waals surface area contributed by atoms with E-state index in [0.717, 1.165) is 11.8 Å². The summed E-state index contributed by atoms with van der Waals surface area (Å²) in [6.07, 6.45) is 5.44. The van der Waals surface area contributed by atoms with Crippen LogP contribution in [0.4, 0.5) is 0 Å². The van der Waals surface area contributed by atoms with E-state index in [-0.39, 0.29) is 0 Å². The van der Waals surface area contributed by atoms with Gasteiger partial charge in [0.05, 0.1) is 0 Å². The zero-order chi connectivity index (χ0) is 11.8. The van der Waals surface area contributed by atoms with E-state index in [2.05, 4.69) is 31.0 Å². The molecule has 0 aromatic carbocycles. The van der Waals surface area contributed by atoms with Crippen LogP contribution in [0.3, 0.4) is 0 Å². The maximum absolute atomic E-state index is 3.46. The minimum absolute atomic E-state index is 0.904. The molecule has 0 aromatic heterocycles. The van der Waals surface area contributed by atoms with Crippen LogP contribution in [0.25, 0.3) is 0 Å². The molecule has 2 nitrogen and oxygen atoms in total.